The molecule has 0 atom stereocenters. The lowest BCUT2D eigenvalue weighted by Gasteiger charge is -2.42. The summed E-state index contributed by atoms with van der Waals surface area (Å²) < 4.78 is 0. The van der Waals surface area contributed by atoms with Crippen molar-refractivity contribution >= 4 is 17.2 Å². The minimum Gasteiger partial charge on any atom is -0.307 e. The second-order valence-electron chi connectivity index (χ2n) is 5.99. The molecule has 1 amide bonds. The van der Waals surface area contributed by atoms with Crippen LogP contribution in [0.2, 0.25) is 0 Å². The maximum atomic E-state index is 13.0. The number of hydrogen-bond acceptors (Lipinski definition) is 1. The zero-order valence-corrected chi connectivity index (χ0v) is 12.1. The number of carbonyl (C=O) groups is 1. The molecule has 0 aromatic heterocycles. The molecule has 1 aliphatic heterocycles. The van der Waals surface area contributed by atoms with Crippen LogP contribution in [0.25, 0.3) is 5.57 Å². The number of anilines is 1. The van der Waals surface area contributed by atoms with Crippen LogP contribution >= 0.6 is 0 Å². The molecule has 2 heteroatoms. The van der Waals surface area contributed by atoms with Crippen molar-refractivity contribution in [3.63, 3.8) is 0 Å². The summed E-state index contributed by atoms with van der Waals surface area (Å²) in [6, 6.07) is 6.27. The van der Waals surface area contributed by atoms with Gasteiger partial charge in [-0.3, -0.25) is 4.79 Å². The van der Waals surface area contributed by atoms with E-state index in [2.05, 4.69) is 32.2 Å². The second-order valence-corrected chi connectivity index (χ2v) is 5.99. The van der Waals surface area contributed by atoms with Crippen molar-refractivity contribution in [3.8, 4) is 0 Å². The van der Waals surface area contributed by atoms with E-state index in [4.69, 9.17) is 0 Å². The zero-order valence-electron chi connectivity index (χ0n) is 12.1. The summed E-state index contributed by atoms with van der Waals surface area (Å²) in [7, 11) is 0. The van der Waals surface area contributed by atoms with Crippen LogP contribution < -0.4 is 4.90 Å². The van der Waals surface area contributed by atoms with Crippen molar-refractivity contribution in [2.24, 2.45) is 5.41 Å². The molecule has 0 N–H and O–H groups in total. The monoisotopic (exact) mass is 267 g/mol. The Bertz CT molecular complexity index is 593. The lowest BCUT2D eigenvalue weighted by atomic mass is 9.71. The Morgan fingerprint density at radius 1 is 1.35 bits per heavy atom. The minimum atomic E-state index is -0.357. The average Bonchev–Trinajstić information content (AvgIpc) is 2.93. The predicted molar refractivity (Wildman–Crippen MR) is 83.7 cm³/mol. The van der Waals surface area contributed by atoms with Gasteiger partial charge >= 0.3 is 0 Å². The van der Waals surface area contributed by atoms with Crippen LogP contribution in [0.1, 0.15) is 36.8 Å². The smallest absolute Gasteiger partial charge is 0.237 e. The summed E-state index contributed by atoms with van der Waals surface area (Å²) in [6.45, 7) is 10.8. The fourth-order valence-corrected chi connectivity index (χ4v) is 3.69. The summed E-state index contributed by atoms with van der Waals surface area (Å²) in [4.78, 5) is 14.9. The number of fused-ring (bicyclic) bond motifs is 1. The molecule has 1 saturated carbocycles. The van der Waals surface area contributed by atoms with Gasteiger partial charge in [-0.15, -0.1) is 6.58 Å². The molecule has 3 rings (SSSR count). The standard InChI is InChI=1S/C18H21NO/c1-4-11-19-16-8-7-13(2)12-15(16)14(3)18(17(19)20)9-5-6-10-18/h4,7-8,12H,1,3,5-6,9-11H2,2H3. The predicted octanol–water partition coefficient (Wildman–Crippen LogP) is 4.10. The highest BCUT2D eigenvalue weighted by Gasteiger charge is 2.49. The van der Waals surface area contributed by atoms with Gasteiger partial charge in [-0.25, -0.2) is 0 Å². The number of hydrogen-bond donors (Lipinski definition) is 0. The SMILES string of the molecule is C=CCN1C(=O)C2(CCCC2)C(=C)c2cc(C)ccc21. The highest BCUT2D eigenvalue weighted by molar-refractivity contribution is 6.12. The van der Waals surface area contributed by atoms with E-state index in [1.165, 1.54) is 5.56 Å². The molecule has 0 unspecified atom stereocenters. The molecule has 1 aromatic rings. The van der Waals surface area contributed by atoms with Crippen molar-refractivity contribution < 1.29 is 4.79 Å². The van der Waals surface area contributed by atoms with Gasteiger partial charge in [-0.2, -0.15) is 0 Å². The maximum Gasteiger partial charge on any atom is 0.237 e. The van der Waals surface area contributed by atoms with Crippen molar-refractivity contribution in [2.45, 2.75) is 32.6 Å². The van der Waals surface area contributed by atoms with Crippen LogP contribution in [-0.2, 0) is 4.79 Å². The van der Waals surface area contributed by atoms with Gasteiger partial charge in [0.15, 0.2) is 0 Å². The van der Waals surface area contributed by atoms with Crippen LogP contribution in [0.15, 0.2) is 37.4 Å². The Kier molecular flexibility index (Phi) is 3.04. The molecule has 0 bridgehead atoms. The van der Waals surface area contributed by atoms with Crippen LogP contribution in [0.3, 0.4) is 0 Å². The highest BCUT2D eigenvalue weighted by Crippen LogP contribution is 2.54. The summed E-state index contributed by atoms with van der Waals surface area (Å²) in [6.07, 6.45) is 5.91. The molecular weight excluding hydrogens is 246 g/mol. The van der Waals surface area contributed by atoms with E-state index in [9.17, 15) is 4.79 Å². The molecule has 2 aliphatic rings. The molecule has 104 valence electrons. The number of carbonyl (C=O) groups excluding carboxylic acids is 1. The van der Waals surface area contributed by atoms with Gasteiger partial charge in [0.2, 0.25) is 5.91 Å². The van der Waals surface area contributed by atoms with Crippen LogP contribution in [-0.4, -0.2) is 12.5 Å². The van der Waals surface area contributed by atoms with Gasteiger partial charge < -0.3 is 4.90 Å². The van der Waals surface area contributed by atoms with Crippen molar-refractivity contribution in [3.05, 3.63) is 48.6 Å². The number of nitrogens with zero attached hydrogens (tertiary/aromatic N) is 1. The third-order valence-electron chi connectivity index (χ3n) is 4.77. The fraction of sp³-hybridized carbons (Fsp3) is 0.389. The Hall–Kier alpha value is -1.83. The molecule has 1 spiro atoms. The molecule has 2 nitrogen and oxygen atoms in total. The van der Waals surface area contributed by atoms with E-state index in [1.807, 2.05) is 11.0 Å². The van der Waals surface area contributed by atoms with E-state index >= 15 is 0 Å². The quantitative estimate of drug-likeness (QED) is 0.739. The first-order valence-electron chi connectivity index (χ1n) is 7.33. The number of benzene rings is 1. The Balaban J connectivity index is 2.19. The van der Waals surface area contributed by atoms with E-state index < -0.39 is 0 Å². The molecule has 0 radical (unpaired) electrons. The van der Waals surface area contributed by atoms with Gasteiger partial charge in [-0.05, 0) is 37.5 Å². The second kappa shape index (κ2) is 4.62. The molecule has 1 heterocycles. The third-order valence-corrected chi connectivity index (χ3v) is 4.77. The first-order valence-corrected chi connectivity index (χ1v) is 7.33. The molecule has 0 saturated heterocycles. The lowest BCUT2D eigenvalue weighted by Crippen LogP contribution is -2.47. The molecule has 1 aliphatic carbocycles. The van der Waals surface area contributed by atoms with E-state index in [1.54, 1.807) is 6.08 Å². The van der Waals surface area contributed by atoms with Crippen molar-refractivity contribution in [1.29, 1.82) is 0 Å². The lowest BCUT2D eigenvalue weighted by molar-refractivity contribution is -0.125. The van der Waals surface area contributed by atoms with Gasteiger partial charge in [0.1, 0.15) is 0 Å². The third kappa shape index (κ3) is 1.67. The van der Waals surface area contributed by atoms with Gasteiger partial charge in [0.05, 0.1) is 11.1 Å². The number of rotatable bonds is 2. The Labute approximate surface area is 120 Å². The van der Waals surface area contributed by atoms with E-state index in [-0.39, 0.29) is 11.3 Å². The van der Waals surface area contributed by atoms with Crippen molar-refractivity contribution in [2.75, 3.05) is 11.4 Å². The van der Waals surface area contributed by atoms with Crippen LogP contribution in [0.4, 0.5) is 5.69 Å². The minimum absolute atomic E-state index is 0.219. The topological polar surface area (TPSA) is 20.3 Å². The van der Waals surface area contributed by atoms with Crippen LogP contribution in [0.5, 0.6) is 0 Å². The molecular formula is C18H21NO. The number of amides is 1. The summed E-state index contributed by atoms with van der Waals surface area (Å²) in [5, 5.41) is 0. The molecule has 1 fully saturated rings. The van der Waals surface area contributed by atoms with Gasteiger partial charge in [-0.1, -0.05) is 37.1 Å². The maximum absolute atomic E-state index is 13.0. The van der Waals surface area contributed by atoms with Crippen LogP contribution in [0, 0.1) is 12.3 Å². The number of aryl methyl sites for hydroxylation is 1. The summed E-state index contributed by atoms with van der Waals surface area (Å²) in [5.74, 6) is 0.219. The highest BCUT2D eigenvalue weighted by atomic mass is 16.2. The summed E-state index contributed by atoms with van der Waals surface area (Å²) in [5.41, 5.74) is 4.02. The Morgan fingerprint density at radius 2 is 2.05 bits per heavy atom. The van der Waals surface area contributed by atoms with E-state index in [0.717, 1.165) is 42.5 Å². The largest absolute Gasteiger partial charge is 0.307 e. The summed E-state index contributed by atoms with van der Waals surface area (Å²) >= 11 is 0. The van der Waals surface area contributed by atoms with E-state index in [0.29, 0.717) is 6.54 Å². The van der Waals surface area contributed by atoms with Gasteiger partial charge in [0.25, 0.3) is 0 Å². The molecule has 1 aromatic carbocycles. The van der Waals surface area contributed by atoms with Gasteiger partial charge in [0, 0.05) is 12.1 Å². The average molecular weight is 267 g/mol. The first kappa shape index (κ1) is 13.2. The normalized spacial score (nSPS) is 20.4. The van der Waals surface area contributed by atoms with Crippen molar-refractivity contribution in [1.82, 2.24) is 0 Å². The first-order chi connectivity index (χ1) is 9.60. The zero-order chi connectivity index (χ0) is 14.3. The molecule has 20 heavy (non-hydrogen) atoms. The Morgan fingerprint density at radius 3 is 2.70 bits per heavy atom. The fourth-order valence-electron chi connectivity index (χ4n) is 3.69.